The molecule has 3 rings (SSSR count). The van der Waals surface area contributed by atoms with Gasteiger partial charge in [-0.2, -0.15) is 0 Å². The smallest absolute Gasteiger partial charge is 0.267 e. The largest absolute Gasteiger partial charge is 0.325 e. The standard InChI is InChI=1S/C16H17N3O2S2/c1-10-5-3-4-6-11(10)17-13(20)9-23-16-18-12-7-8-22-14(12)15(21)19(16)2/h3-6H,7-9H2,1-2H3,(H,17,20). The molecule has 1 aromatic heterocycles. The number of fused-ring (bicyclic) bond motifs is 1. The Bertz CT molecular complexity index is 817. The van der Waals surface area contributed by atoms with Crippen molar-refractivity contribution < 1.29 is 4.79 Å². The fourth-order valence-corrected chi connectivity index (χ4v) is 4.18. The molecule has 5 nitrogen and oxygen atoms in total. The molecule has 0 saturated carbocycles. The summed E-state index contributed by atoms with van der Waals surface area (Å²) < 4.78 is 1.53. The van der Waals surface area contributed by atoms with Gasteiger partial charge in [0.2, 0.25) is 5.91 Å². The number of aromatic nitrogens is 2. The zero-order valence-electron chi connectivity index (χ0n) is 13.0. The van der Waals surface area contributed by atoms with Gasteiger partial charge in [0.25, 0.3) is 5.56 Å². The second kappa shape index (κ2) is 6.80. The number of thioether (sulfide) groups is 2. The first-order valence-corrected chi connectivity index (χ1v) is 9.24. The first-order chi connectivity index (χ1) is 11.1. The molecule has 23 heavy (non-hydrogen) atoms. The van der Waals surface area contributed by atoms with Crippen molar-refractivity contribution in [2.75, 3.05) is 16.8 Å². The maximum absolute atomic E-state index is 12.3. The molecular formula is C16H17N3O2S2. The van der Waals surface area contributed by atoms with E-state index in [4.69, 9.17) is 0 Å². The number of aryl methyl sites for hydroxylation is 2. The van der Waals surface area contributed by atoms with Crippen molar-refractivity contribution >= 4 is 35.1 Å². The summed E-state index contributed by atoms with van der Waals surface area (Å²) in [4.78, 5) is 29.7. The Morgan fingerprint density at radius 1 is 1.43 bits per heavy atom. The van der Waals surface area contributed by atoms with Crippen LogP contribution in [0.2, 0.25) is 0 Å². The first kappa shape index (κ1) is 16.1. The number of para-hydroxylation sites is 1. The Morgan fingerprint density at radius 3 is 3.00 bits per heavy atom. The van der Waals surface area contributed by atoms with Gasteiger partial charge in [0.15, 0.2) is 5.16 Å². The van der Waals surface area contributed by atoms with Crippen LogP contribution in [0, 0.1) is 6.92 Å². The first-order valence-electron chi connectivity index (χ1n) is 7.27. The molecule has 0 unspecified atom stereocenters. The maximum Gasteiger partial charge on any atom is 0.267 e. The van der Waals surface area contributed by atoms with Gasteiger partial charge in [-0.05, 0) is 18.6 Å². The number of nitrogens with one attached hydrogen (secondary N) is 1. The number of hydrogen-bond donors (Lipinski definition) is 1. The molecule has 0 saturated heterocycles. The molecule has 0 bridgehead atoms. The van der Waals surface area contributed by atoms with Crippen LogP contribution in [-0.2, 0) is 18.3 Å². The summed E-state index contributed by atoms with van der Waals surface area (Å²) in [5.41, 5.74) is 2.68. The number of rotatable bonds is 4. The number of carbonyl (C=O) groups excluding carboxylic acids is 1. The lowest BCUT2D eigenvalue weighted by Gasteiger charge is -2.10. The van der Waals surface area contributed by atoms with Gasteiger partial charge in [-0.3, -0.25) is 14.2 Å². The number of benzene rings is 1. The van der Waals surface area contributed by atoms with E-state index in [1.54, 1.807) is 18.8 Å². The van der Waals surface area contributed by atoms with E-state index in [0.717, 1.165) is 34.0 Å². The Labute approximate surface area is 142 Å². The third-order valence-corrected chi connectivity index (χ3v) is 5.75. The molecule has 1 N–H and O–H groups in total. The number of nitrogens with zero attached hydrogens (tertiary/aromatic N) is 2. The lowest BCUT2D eigenvalue weighted by atomic mass is 10.2. The average molecular weight is 347 g/mol. The van der Waals surface area contributed by atoms with Crippen molar-refractivity contribution in [3.63, 3.8) is 0 Å². The second-order valence-corrected chi connectivity index (χ2v) is 7.33. The molecule has 2 aromatic rings. The summed E-state index contributed by atoms with van der Waals surface area (Å²) in [5, 5.41) is 3.48. The van der Waals surface area contributed by atoms with E-state index < -0.39 is 0 Å². The summed E-state index contributed by atoms with van der Waals surface area (Å²) >= 11 is 2.85. The van der Waals surface area contributed by atoms with E-state index >= 15 is 0 Å². The van der Waals surface area contributed by atoms with Gasteiger partial charge in [0.1, 0.15) is 0 Å². The number of anilines is 1. The summed E-state index contributed by atoms with van der Waals surface area (Å²) in [6, 6.07) is 7.64. The molecule has 1 aliphatic heterocycles. The zero-order chi connectivity index (χ0) is 16.4. The van der Waals surface area contributed by atoms with Gasteiger partial charge in [0.05, 0.1) is 16.3 Å². The van der Waals surface area contributed by atoms with Crippen LogP contribution in [0.25, 0.3) is 0 Å². The average Bonchev–Trinajstić information content (AvgIpc) is 3.00. The van der Waals surface area contributed by atoms with Gasteiger partial charge in [-0.1, -0.05) is 30.0 Å². The summed E-state index contributed by atoms with van der Waals surface area (Å²) in [6.45, 7) is 1.95. The molecular weight excluding hydrogens is 330 g/mol. The van der Waals surface area contributed by atoms with Crippen LogP contribution in [0.3, 0.4) is 0 Å². The maximum atomic E-state index is 12.3. The molecule has 0 radical (unpaired) electrons. The molecule has 1 aliphatic rings. The van der Waals surface area contributed by atoms with Crippen molar-refractivity contribution in [2.24, 2.45) is 7.05 Å². The fraction of sp³-hybridized carbons (Fsp3) is 0.312. The van der Waals surface area contributed by atoms with E-state index in [-0.39, 0.29) is 17.2 Å². The summed E-state index contributed by atoms with van der Waals surface area (Å²) in [6.07, 6.45) is 0.818. The molecule has 1 aromatic carbocycles. The van der Waals surface area contributed by atoms with Crippen LogP contribution >= 0.6 is 23.5 Å². The third kappa shape index (κ3) is 3.45. The Morgan fingerprint density at radius 2 is 2.22 bits per heavy atom. The van der Waals surface area contributed by atoms with Crippen molar-refractivity contribution in [3.8, 4) is 0 Å². The zero-order valence-corrected chi connectivity index (χ0v) is 14.6. The van der Waals surface area contributed by atoms with E-state index in [1.165, 1.54) is 16.3 Å². The molecule has 1 amide bonds. The third-order valence-electron chi connectivity index (χ3n) is 3.62. The second-order valence-electron chi connectivity index (χ2n) is 5.28. The van der Waals surface area contributed by atoms with Gasteiger partial charge in [0, 0.05) is 24.9 Å². The molecule has 120 valence electrons. The minimum absolute atomic E-state index is 0.0145. The topological polar surface area (TPSA) is 64.0 Å². The van der Waals surface area contributed by atoms with Crippen LogP contribution < -0.4 is 10.9 Å². The number of hydrogen-bond acceptors (Lipinski definition) is 5. The van der Waals surface area contributed by atoms with Crippen LogP contribution in [0.1, 0.15) is 11.3 Å². The van der Waals surface area contributed by atoms with Crippen molar-refractivity contribution in [1.29, 1.82) is 0 Å². The summed E-state index contributed by atoms with van der Waals surface area (Å²) in [7, 11) is 1.70. The highest BCUT2D eigenvalue weighted by Crippen LogP contribution is 2.28. The van der Waals surface area contributed by atoms with Crippen LogP contribution in [0.15, 0.2) is 39.1 Å². The molecule has 0 fully saturated rings. The van der Waals surface area contributed by atoms with Gasteiger partial charge >= 0.3 is 0 Å². The fourth-order valence-electron chi connectivity index (χ4n) is 2.33. The van der Waals surface area contributed by atoms with E-state index in [9.17, 15) is 9.59 Å². The Balaban J connectivity index is 1.69. The van der Waals surface area contributed by atoms with Gasteiger partial charge in [-0.25, -0.2) is 4.98 Å². The van der Waals surface area contributed by atoms with E-state index in [1.807, 2.05) is 31.2 Å². The Hall–Kier alpha value is -1.73. The monoisotopic (exact) mass is 347 g/mol. The predicted molar refractivity (Wildman–Crippen MR) is 94.4 cm³/mol. The van der Waals surface area contributed by atoms with Crippen molar-refractivity contribution in [3.05, 3.63) is 45.9 Å². The van der Waals surface area contributed by atoms with Crippen LogP contribution in [0.4, 0.5) is 5.69 Å². The molecule has 0 atom stereocenters. The minimum Gasteiger partial charge on any atom is -0.325 e. The quantitative estimate of drug-likeness (QED) is 0.680. The predicted octanol–water partition coefficient (Wildman–Crippen LogP) is 2.47. The number of amides is 1. The highest BCUT2D eigenvalue weighted by atomic mass is 32.2. The highest BCUT2D eigenvalue weighted by molar-refractivity contribution is 8.00. The normalized spacial score (nSPS) is 13.0. The highest BCUT2D eigenvalue weighted by Gasteiger charge is 2.20. The van der Waals surface area contributed by atoms with Gasteiger partial charge in [-0.15, -0.1) is 11.8 Å². The van der Waals surface area contributed by atoms with E-state index in [0.29, 0.717) is 5.16 Å². The van der Waals surface area contributed by atoms with Crippen LogP contribution in [0.5, 0.6) is 0 Å². The lowest BCUT2D eigenvalue weighted by Crippen LogP contribution is -2.23. The molecule has 0 spiro atoms. The van der Waals surface area contributed by atoms with Crippen molar-refractivity contribution in [1.82, 2.24) is 9.55 Å². The van der Waals surface area contributed by atoms with Gasteiger partial charge < -0.3 is 5.32 Å². The Kier molecular flexibility index (Phi) is 4.77. The molecule has 0 aliphatic carbocycles. The minimum atomic E-state index is -0.103. The lowest BCUT2D eigenvalue weighted by molar-refractivity contribution is -0.113. The van der Waals surface area contributed by atoms with Crippen LogP contribution in [-0.4, -0.2) is 27.0 Å². The van der Waals surface area contributed by atoms with E-state index in [2.05, 4.69) is 10.3 Å². The molecule has 7 heteroatoms. The SMILES string of the molecule is Cc1ccccc1NC(=O)CSc1nc2c(c(=O)n1C)SCC2. The number of carbonyl (C=O) groups is 1. The molecule has 2 heterocycles. The summed E-state index contributed by atoms with van der Waals surface area (Å²) in [5.74, 6) is 1.02. The van der Waals surface area contributed by atoms with Crippen molar-refractivity contribution in [2.45, 2.75) is 23.4 Å².